The monoisotopic (exact) mass is 814 g/mol. The van der Waals surface area contributed by atoms with Crippen LogP contribution in [-0.4, -0.2) is 87.9 Å². The van der Waals surface area contributed by atoms with E-state index in [1.807, 2.05) is 8.70 Å². The average Bonchev–Trinajstić information content (AvgIpc) is 2.70. The molecular weight excluding hydrogens is 762 g/mol. The van der Waals surface area contributed by atoms with Crippen LogP contribution >= 0.6 is 0 Å². The molecule has 0 amide bonds. The van der Waals surface area contributed by atoms with Gasteiger partial charge in [-0.2, -0.15) is 0 Å². The molecule has 32 heavy (non-hydrogen) atoms. The normalized spacial score (nSPS) is 12.4. The van der Waals surface area contributed by atoms with E-state index in [4.69, 9.17) is 0 Å². The minimum atomic E-state index is -0.894. The van der Waals surface area contributed by atoms with Crippen molar-refractivity contribution in [3.05, 3.63) is 24.3 Å². The summed E-state index contributed by atoms with van der Waals surface area (Å²) in [5.41, 5.74) is 20.5. The Balaban J connectivity index is 3.05. The summed E-state index contributed by atoms with van der Waals surface area (Å²) in [6.45, 7) is 0. The van der Waals surface area contributed by atoms with Crippen molar-refractivity contribution in [3.8, 4) is 0 Å². The Kier molecular flexibility index (Phi) is 20.0. The fraction of sp³-hybridized carbons (Fsp3) is 0.769. The molecule has 0 saturated heterocycles. The fourth-order valence-electron chi connectivity index (χ4n) is 4.02. The molecular formula is C26H52As6. The maximum atomic E-state index is 2.65. The molecule has 0 aliphatic carbocycles. The quantitative estimate of drug-likeness (QED) is 0.134. The zero-order valence-corrected chi connectivity index (χ0v) is 33.7. The van der Waals surface area contributed by atoms with Gasteiger partial charge in [-0.1, -0.05) is 0 Å². The van der Waals surface area contributed by atoms with Gasteiger partial charge in [0.25, 0.3) is 0 Å². The molecule has 1 rings (SSSR count). The van der Waals surface area contributed by atoms with Crippen LogP contribution < -0.4 is 8.70 Å². The molecule has 0 saturated carbocycles. The number of benzene rings is 1. The molecule has 0 unspecified atom stereocenters. The third-order valence-corrected chi connectivity index (χ3v) is 28.4. The molecule has 0 radical (unpaired) electrons. The van der Waals surface area contributed by atoms with Crippen LogP contribution in [0.5, 0.6) is 0 Å². The van der Waals surface area contributed by atoms with Crippen molar-refractivity contribution in [2.45, 2.75) is 113 Å². The Hall–Kier alpha value is 2.57. The van der Waals surface area contributed by atoms with E-state index in [1.54, 1.807) is 67.4 Å². The van der Waals surface area contributed by atoms with Crippen molar-refractivity contribution in [3.63, 3.8) is 0 Å². The summed E-state index contributed by atoms with van der Waals surface area (Å²) in [5.74, 6) is 0. The van der Waals surface area contributed by atoms with Gasteiger partial charge in [-0.15, -0.1) is 0 Å². The fourth-order valence-corrected chi connectivity index (χ4v) is 28.8. The van der Waals surface area contributed by atoms with Crippen molar-refractivity contribution in [2.75, 3.05) is 0 Å². The van der Waals surface area contributed by atoms with Crippen LogP contribution in [0.15, 0.2) is 24.3 Å². The Bertz CT molecular complexity index is 508. The second-order valence-corrected chi connectivity index (χ2v) is 42.3. The van der Waals surface area contributed by atoms with Gasteiger partial charge in [0.1, 0.15) is 0 Å². The zero-order valence-electron chi connectivity index (χ0n) is 22.5. The van der Waals surface area contributed by atoms with Gasteiger partial charge in [0.15, 0.2) is 0 Å². The molecule has 0 aliphatic rings. The standard InChI is InChI=1S/C26H52As6/c1-27(2)17-11-21-31(22-12-18-28(3)4)25-15-9-10-16-26(25)32(23-13-19-29(5)6)24-14-20-30(7)8/h9-10,15-16H,11-14,17-24H2,1-8H3. The average molecular weight is 814 g/mol. The van der Waals surface area contributed by atoms with Crippen LogP contribution in [0.2, 0.25) is 87.4 Å². The Morgan fingerprint density at radius 1 is 0.406 bits per heavy atom. The third-order valence-electron chi connectivity index (χ3n) is 5.70. The number of rotatable bonds is 18. The minimum absolute atomic E-state index is 0.465. The predicted molar refractivity (Wildman–Crippen MR) is 164 cm³/mol. The van der Waals surface area contributed by atoms with Crippen LogP contribution in [0.25, 0.3) is 0 Å². The van der Waals surface area contributed by atoms with Crippen LogP contribution in [0.4, 0.5) is 0 Å². The summed E-state index contributed by atoms with van der Waals surface area (Å²) in [6, 6.07) is 10.1. The topological polar surface area (TPSA) is 0 Å². The first-order chi connectivity index (χ1) is 15.2. The van der Waals surface area contributed by atoms with E-state index < -0.39 is 87.9 Å². The van der Waals surface area contributed by atoms with Gasteiger partial charge in [0.05, 0.1) is 0 Å². The molecule has 6 heteroatoms. The summed E-state index contributed by atoms with van der Waals surface area (Å²) in [5, 5.41) is 12.8. The third kappa shape index (κ3) is 15.6. The molecule has 0 aliphatic heterocycles. The van der Waals surface area contributed by atoms with Crippen molar-refractivity contribution < 1.29 is 0 Å². The summed E-state index contributed by atoms with van der Waals surface area (Å²) in [6.07, 6.45) is 6.19. The van der Waals surface area contributed by atoms with E-state index in [0.29, 0.717) is 0 Å². The molecule has 0 aromatic heterocycles. The van der Waals surface area contributed by atoms with E-state index in [-0.39, 0.29) is 0 Å². The van der Waals surface area contributed by atoms with Crippen LogP contribution in [0.1, 0.15) is 25.7 Å². The summed E-state index contributed by atoms with van der Waals surface area (Å²) < 4.78 is 3.95. The second kappa shape index (κ2) is 19.7. The van der Waals surface area contributed by atoms with Crippen LogP contribution in [0.3, 0.4) is 0 Å². The first-order valence-electron chi connectivity index (χ1n) is 12.4. The van der Waals surface area contributed by atoms with Crippen molar-refractivity contribution in [2.24, 2.45) is 0 Å². The van der Waals surface area contributed by atoms with E-state index in [1.165, 1.54) is 0 Å². The zero-order chi connectivity index (χ0) is 23.9. The van der Waals surface area contributed by atoms with Gasteiger partial charge in [0, 0.05) is 0 Å². The molecule has 0 fully saturated rings. The second-order valence-electron chi connectivity index (χ2n) is 10.1. The molecule has 0 atom stereocenters. The molecule has 0 spiro atoms. The molecule has 0 nitrogen and oxygen atoms in total. The van der Waals surface area contributed by atoms with E-state index in [0.717, 1.165) is 0 Å². The Morgan fingerprint density at radius 2 is 0.656 bits per heavy atom. The van der Waals surface area contributed by atoms with Crippen molar-refractivity contribution in [1.29, 1.82) is 0 Å². The molecule has 0 bridgehead atoms. The predicted octanol–water partition coefficient (Wildman–Crippen LogP) is 7.67. The van der Waals surface area contributed by atoms with Gasteiger partial charge < -0.3 is 0 Å². The molecule has 1 aromatic carbocycles. The van der Waals surface area contributed by atoms with E-state index in [9.17, 15) is 0 Å². The maximum absolute atomic E-state index is 2.65. The van der Waals surface area contributed by atoms with Crippen LogP contribution in [-0.2, 0) is 0 Å². The van der Waals surface area contributed by atoms with E-state index >= 15 is 0 Å². The van der Waals surface area contributed by atoms with Crippen molar-refractivity contribution in [1.82, 2.24) is 0 Å². The van der Waals surface area contributed by atoms with Crippen molar-refractivity contribution >= 4 is 96.6 Å². The summed E-state index contributed by atoms with van der Waals surface area (Å²) in [4.78, 5) is 0. The number of hydrogen-bond acceptors (Lipinski definition) is 0. The summed E-state index contributed by atoms with van der Waals surface area (Å²) in [7, 11) is 0. The molecule has 186 valence electrons. The van der Waals surface area contributed by atoms with Gasteiger partial charge in [-0.05, 0) is 0 Å². The van der Waals surface area contributed by atoms with Gasteiger partial charge in [-0.25, -0.2) is 0 Å². The summed E-state index contributed by atoms with van der Waals surface area (Å²) >= 11 is -3.65. The molecule has 0 N–H and O–H groups in total. The molecule has 1 aromatic rings. The first kappa shape index (κ1) is 32.6. The molecule has 0 heterocycles. The van der Waals surface area contributed by atoms with Gasteiger partial charge in [-0.3, -0.25) is 0 Å². The Morgan fingerprint density at radius 3 is 0.875 bits per heavy atom. The Labute approximate surface area is 231 Å². The van der Waals surface area contributed by atoms with Gasteiger partial charge in [0.2, 0.25) is 0 Å². The number of hydrogen-bond donors (Lipinski definition) is 0. The van der Waals surface area contributed by atoms with Gasteiger partial charge >= 0.3 is 234 Å². The SMILES string of the molecule is C[As](C)CCC[As](CCC[As](C)C)c1ccccc1[As](CCC[As](C)C)CCC[As](C)C. The van der Waals surface area contributed by atoms with E-state index in [2.05, 4.69) is 70.0 Å². The van der Waals surface area contributed by atoms with Crippen LogP contribution in [0, 0.1) is 0 Å². The first-order valence-corrected chi connectivity index (χ1v) is 39.9.